The summed E-state index contributed by atoms with van der Waals surface area (Å²) in [5.74, 6) is 1.11. The molecule has 1 heterocycles. The number of nitrogens with zero attached hydrogens (tertiary/aromatic N) is 2. The summed E-state index contributed by atoms with van der Waals surface area (Å²) in [7, 11) is 0. The second-order valence-electron chi connectivity index (χ2n) is 11.7. The summed E-state index contributed by atoms with van der Waals surface area (Å²) in [5, 5.41) is 9.16. The molecule has 2 aliphatic rings. The van der Waals surface area contributed by atoms with Crippen molar-refractivity contribution in [2.24, 2.45) is 0 Å². The monoisotopic (exact) mass is 568 g/mol. The SMILES string of the molecule is CC(c1ccc(OCc2ccccc2)c(OCCCCO)c1)N(C(=O)[C@H]1CN(C(=O)OC(C)(C)C)CCO1)C1CC1. The zero-order valence-corrected chi connectivity index (χ0v) is 24.7. The summed E-state index contributed by atoms with van der Waals surface area (Å²) in [5.41, 5.74) is 1.36. The third kappa shape index (κ3) is 8.84. The van der Waals surface area contributed by atoms with Crippen molar-refractivity contribution in [3.8, 4) is 11.5 Å². The van der Waals surface area contributed by atoms with Gasteiger partial charge in [-0.05, 0) is 76.6 Å². The molecule has 224 valence electrons. The standard InChI is InChI=1S/C32H44N2O7/c1-23(34(26-13-14-26)30(36)29-21-33(16-19-39-29)31(37)41-32(2,3)4)25-12-15-27(28(20-25)38-18-9-8-17-35)40-22-24-10-6-5-7-11-24/h5-7,10-12,15,20,23,26,29,35H,8-9,13-14,16-19,21-22H2,1-4H3/t23?,29-/m1/s1. The quantitative estimate of drug-likeness (QED) is 0.356. The number of carbonyl (C=O) groups is 2. The van der Waals surface area contributed by atoms with Crippen LogP contribution in [0.15, 0.2) is 48.5 Å². The van der Waals surface area contributed by atoms with E-state index in [9.17, 15) is 9.59 Å². The van der Waals surface area contributed by atoms with E-state index in [-0.39, 0.29) is 37.7 Å². The van der Waals surface area contributed by atoms with Gasteiger partial charge in [0.2, 0.25) is 0 Å². The number of aliphatic hydroxyl groups excluding tert-OH is 1. The Morgan fingerprint density at radius 1 is 1.07 bits per heavy atom. The first-order valence-corrected chi connectivity index (χ1v) is 14.6. The van der Waals surface area contributed by atoms with E-state index < -0.39 is 17.8 Å². The van der Waals surface area contributed by atoms with E-state index in [1.807, 2.05) is 81.1 Å². The smallest absolute Gasteiger partial charge is 0.410 e. The molecular formula is C32H44N2O7. The second kappa shape index (κ2) is 14.0. The predicted molar refractivity (Wildman–Crippen MR) is 155 cm³/mol. The van der Waals surface area contributed by atoms with Crippen molar-refractivity contribution in [1.29, 1.82) is 0 Å². The molecule has 1 N–H and O–H groups in total. The van der Waals surface area contributed by atoms with Crippen LogP contribution in [0.5, 0.6) is 11.5 Å². The minimum atomic E-state index is -0.748. The molecule has 2 aromatic carbocycles. The van der Waals surface area contributed by atoms with Gasteiger partial charge in [-0.25, -0.2) is 4.79 Å². The molecular weight excluding hydrogens is 524 g/mol. The third-order valence-electron chi connectivity index (χ3n) is 7.10. The lowest BCUT2D eigenvalue weighted by atomic mass is 10.0. The van der Waals surface area contributed by atoms with Crippen LogP contribution >= 0.6 is 0 Å². The third-order valence-corrected chi connectivity index (χ3v) is 7.10. The molecule has 9 nitrogen and oxygen atoms in total. The number of carbonyl (C=O) groups excluding carboxylic acids is 2. The van der Waals surface area contributed by atoms with Gasteiger partial charge in [-0.15, -0.1) is 0 Å². The van der Waals surface area contributed by atoms with Crippen LogP contribution in [0.4, 0.5) is 4.79 Å². The first-order valence-electron chi connectivity index (χ1n) is 14.6. The highest BCUT2D eigenvalue weighted by Gasteiger charge is 2.42. The van der Waals surface area contributed by atoms with Gasteiger partial charge < -0.3 is 33.9 Å². The molecule has 1 aliphatic heterocycles. The Labute approximate surface area is 243 Å². The average molecular weight is 569 g/mol. The van der Waals surface area contributed by atoms with Crippen LogP contribution in [0.25, 0.3) is 0 Å². The van der Waals surface area contributed by atoms with Gasteiger partial charge >= 0.3 is 6.09 Å². The largest absolute Gasteiger partial charge is 0.490 e. The molecule has 1 saturated heterocycles. The van der Waals surface area contributed by atoms with Crippen LogP contribution in [0.1, 0.15) is 70.5 Å². The van der Waals surface area contributed by atoms with Crippen molar-refractivity contribution < 1.29 is 33.6 Å². The molecule has 4 rings (SSSR count). The van der Waals surface area contributed by atoms with Gasteiger partial charge in [-0.1, -0.05) is 36.4 Å². The minimum absolute atomic E-state index is 0.116. The van der Waals surface area contributed by atoms with Gasteiger partial charge in [-0.2, -0.15) is 0 Å². The van der Waals surface area contributed by atoms with Crippen LogP contribution in [0, 0.1) is 0 Å². The van der Waals surface area contributed by atoms with Gasteiger partial charge in [0, 0.05) is 19.2 Å². The number of aliphatic hydroxyl groups is 1. The Morgan fingerprint density at radius 3 is 2.51 bits per heavy atom. The zero-order valence-electron chi connectivity index (χ0n) is 24.7. The molecule has 2 atom stereocenters. The highest BCUT2D eigenvalue weighted by molar-refractivity contribution is 5.83. The second-order valence-corrected chi connectivity index (χ2v) is 11.7. The van der Waals surface area contributed by atoms with E-state index in [1.54, 1.807) is 4.90 Å². The minimum Gasteiger partial charge on any atom is -0.490 e. The Balaban J connectivity index is 1.49. The van der Waals surface area contributed by atoms with E-state index in [2.05, 4.69) is 0 Å². The summed E-state index contributed by atoms with van der Waals surface area (Å²) in [6.45, 7) is 9.29. The zero-order chi connectivity index (χ0) is 29.4. The molecule has 1 aliphatic carbocycles. The normalized spacial score (nSPS) is 18.0. The fraction of sp³-hybridized carbons (Fsp3) is 0.562. The van der Waals surface area contributed by atoms with Gasteiger partial charge in [0.25, 0.3) is 5.91 Å². The van der Waals surface area contributed by atoms with E-state index in [0.717, 1.165) is 24.0 Å². The Kier molecular flexibility index (Phi) is 10.5. The molecule has 0 spiro atoms. The number of benzene rings is 2. The van der Waals surface area contributed by atoms with E-state index in [1.165, 1.54) is 0 Å². The fourth-order valence-corrected chi connectivity index (χ4v) is 4.81. The van der Waals surface area contributed by atoms with Crippen LogP contribution in [0.2, 0.25) is 0 Å². The van der Waals surface area contributed by atoms with E-state index in [4.69, 9.17) is 24.1 Å². The van der Waals surface area contributed by atoms with Crippen LogP contribution in [-0.2, 0) is 20.9 Å². The highest BCUT2D eigenvalue weighted by Crippen LogP contribution is 2.38. The highest BCUT2D eigenvalue weighted by atomic mass is 16.6. The molecule has 9 heteroatoms. The first-order chi connectivity index (χ1) is 19.7. The number of hydrogen-bond donors (Lipinski definition) is 1. The summed E-state index contributed by atoms with van der Waals surface area (Å²) < 4.78 is 23.6. The summed E-state index contributed by atoms with van der Waals surface area (Å²) >= 11 is 0. The fourth-order valence-electron chi connectivity index (χ4n) is 4.81. The van der Waals surface area contributed by atoms with Gasteiger partial charge in [0.1, 0.15) is 12.2 Å². The number of amides is 2. The van der Waals surface area contributed by atoms with Crippen molar-refractivity contribution in [3.05, 3.63) is 59.7 Å². The van der Waals surface area contributed by atoms with E-state index >= 15 is 0 Å². The topological polar surface area (TPSA) is 97.8 Å². The molecule has 0 aromatic heterocycles. The summed E-state index contributed by atoms with van der Waals surface area (Å²) in [6, 6.07) is 15.6. The lowest BCUT2D eigenvalue weighted by molar-refractivity contribution is -0.151. The maximum absolute atomic E-state index is 13.8. The molecule has 1 saturated carbocycles. The maximum atomic E-state index is 13.8. The van der Waals surface area contributed by atoms with Crippen molar-refractivity contribution in [3.63, 3.8) is 0 Å². The number of ether oxygens (including phenoxy) is 4. The molecule has 0 bridgehead atoms. The Morgan fingerprint density at radius 2 is 1.83 bits per heavy atom. The van der Waals surface area contributed by atoms with Crippen molar-refractivity contribution in [2.45, 2.75) is 83.8 Å². The number of unbranched alkanes of at least 4 members (excludes halogenated alkanes) is 1. The maximum Gasteiger partial charge on any atom is 0.410 e. The number of morpholine rings is 1. The lowest BCUT2D eigenvalue weighted by Gasteiger charge is -2.38. The van der Waals surface area contributed by atoms with Gasteiger partial charge in [-0.3, -0.25) is 4.79 Å². The Hall–Kier alpha value is -3.30. The van der Waals surface area contributed by atoms with Crippen LogP contribution in [0.3, 0.4) is 0 Å². The lowest BCUT2D eigenvalue weighted by Crippen LogP contribution is -2.54. The first kappa shape index (κ1) is 30.7. The van der Waals surface area contributed by atoms with E-state index in [0.29, 0.717) is 44.1 Å². The molecule has 0 radical (unpaired) electrons. The van der Waals surface area contributed by atoms with Crippen LogP contribution in [-0.4, -0.2) is 77.6 Å². The molecule has 1 unspecified atom stereocenters. The van der Waals surface area contributed by atoms with Crippen molar-refractivity contribution in [2.75, 3.05) is 32.9 Å². The number of hydrogen-bond acceptors (Lipinski definition) is 7. The molecule has 2 aromatic rings. The number of rotatable bonds is 12. The average Bonchev–Trinajstić information content (AvgIpc) is 3.79. The summed E-state index contributed by atoms with van der Waals surface area (Å²) in [4.78, 5) is 30.0. The molecule has 41 heavy (non-hydrogen) atoms. The summed E-state index contributed by atoms with van der Waals surface area (Å²) in [6.07, 6.45) is 2.06. The van der Waals surface area contributed by atoms with Gasteiger partial charge in [0.05, 0.1) is 25.8 Å². The van der Waals surface area contributed by atoms with Gasteiger partial charge in [0.15, 0.2) is 17.6 Å². The van der Waals surface area contributed by atoms with Crippen molar-refractivity contribution in [1.82, 2.24) is 9.80 Å². The molecule has 2 amide bonds. The van der Waals surface area contributed by atoms with Crippen LogP contribution < -0.4 is 9.47 Å². The molecule has 2 fully saturated rings. The van der Waals surface area contributed by atoms with Crippen molar-refractivity contribution >= 4 is 12.0 Å². The predicted octanol–water partition coefficient (Wildman–Crippen LogP) is 5.10. The Bertz CT molecular complexity index is 1150.